The fraction of sp³-hybridized carbons (Fsp3) is 1.00. The summed E-state index contributed by atoms with van der Waals surface area (Å²) >= 11 is 1.10. The van der Waals surface area contributed by atoms with E-state index in [0.29, 0.717) is 5.54 Å². The Morgan fingerprint density at radius 1 is 1.12 bits per heavy atom. The molecule has 0 spiro atoms. The Hall–Kier alpha value is 1.41. The van der Waals surface area contributed by atoms with Crippen LogP contribution in [0.5, 0.6) is 0 Å². The van der Waals surface area contributed by atoms with Crippen molar-refractivity contribution < 1.29 is 49.5 Å². The van der Waals surface area contributed by atoms with Crippen LogP contribution in [0.1, 0.15) is 20.8 Å². The minimum absolute atomic E-state index is 0. The van der Waals surface area contributed by atoms with Gasteiger partial charge in [0.15, 0.2) is 0 Å². The maximum absolute atomic E-state index is 3.24. The molecule has 0 aromatic carbocycles. The van der Waals surface area contributed by atoms with Crippen LogP contribution in [0, 0.1) is 0 Å². The van der Waals surface area contributed by atoms with Crippen molar-refractivity contribution in [3.63, 3.8) is 0 Å². The zero-order valence-electron chi connectivity index (χ0n) is 5.26. The average molecular weight is 322 g/mol. The maximum Gasteiger partial charge on any atom is -1.00 e. The maximum atomic E-state index is 3.24. The summed E-state index contributed by atoms with van der Waals surface area (Å²) in [5, 5.41) is 0. The molecule has 0 unspecified atom stereocenters. The van der Waals surface area contributed by atoms with Crippen molar-refractivity contribution in [2.24, 2.45) is 0 Å². The predicted octanol–water partition coefficient (Wildman–Crippen LogP) is -5.16. The first-order valence-corrected chi connectivity index (χ1v) is 3.80. The monoisotopic (exact) mass is 322 g/mol. The van der Waals surface area contributed by atoms with Crippen molar-refractivity contribution in [2.75, 3.05) is 0 Å². The first-order valence-electron chi connectivity index (χ1n) is 2.00. The van der Waals surface area contributed by atoms with E-state index < -0.39 is 0 Å². The van der Waals surface area contributed by atoms with Crippen LogP contribution in [0.15, 0.2) is 0 Å². The molecule has 0 aliphatic carbocycles. The zero-order valence-corrected chi connectivity index (χ0v) is 10.4. The Labute approximate surface area is 78.8 Å². The molecule has 0 amide bonds. The summed E-state index contributed by atoms with van der Waals surface area (Å²) in [6.07, 6.45) is 0. The molecule has 4 heteroatoms. The SMILES string of the molecule is CC(C)(C)[NH][Hf+2].[Cl-].[Cl-]. The molecule has 0 aromatic rings. The number of hydrogen-bond donors (Lipinski definition) is 1. The molecule has 0 fully saturated rings. The Kier molecular flexibility index (Phi) is 13.2. The van der Waals surface area contributed by atoms with E-state index >= 15 is 0 Å². The van der Waals surface area contributed by atoms with Crippen LogP contribution in [0.2, 0.25) is 0 Å². The zero-order chi connectivity index (χ0) is 5.21. The third-order valence-electron chi connectivity index (χ3n) is 0.375. The molecule has 0 aromatic heterocycles. The standard InChI is InChI=1S/C4H10N.2ClH.Hf/c1-4(2,3)5;;;/h5H,1-3H3;2*1H;/q-1;;;+3/p-2. The fourth-order valence-electron chi connectivity index (χ4n) is 0. The quantitative estimate of drug-likeness (QED) is 0.440. The van der Waals surface area contributed by atoms with Gasteiger partial charge in [0, 0.05) is 0 Å². The van der Waals surface area contributed by atoms with Gasteiger partial charge in [-0.3, -0.25) is 0 Å². The van der Waals surface area contributed by atoms with Crippen molar-refractivity contribution in [3.05, 3.63) is 0 Å². The van der Waals surface area contributed by atoms with Gasteiger partial charge in [0.2, 0.25) is 0 Å². The second kappa shape index (κ2) is 6.53. The molecular formula is C4H10Cl2HfN. The fourth-order valence-corrected chi connectivity index (χ4v) is 0. The number of rotatable bonds is 0. The van der Waals surface area contributed by atoms with E-state index in [-0.39, 0.29) is 24.8 Å². The molecule has 0 aliphatic heterocycles. The van der Waals surface area contributed by atoms with Crippen molar-refractivity contribution >= 4 is 0 Å². The van der Waals surface area contributed by atoms with Gasteiger partial charge in [0.05, 0.1) is 0 Å². The Bertz CT molecular complexity index is 43.8. The Morgan fingerprint density at radius 2 is 1.25 bits per heavy atom. The van der Waals surface area contributed by atoms with Gasteiger partial charge in [-0.05, 0) is 0 Å². The molecule has 0 atom stereocenters. The van der Waals surface area contributed by atoms with E-state index in [9.17, 15) is 0 Å². The Balaban J connectivity index is -0.000000125. The van der Waals surface area contributed by atoms with Gasteiger partial charge < -0.3 is 24.8 Å². The van der Waals surface area contributed by atoms with Gasteiger partial charge in [-0.2, -0.15) is 0 Å². The largest absolute Gasteiger partial charge is 1.00 e. The molecule has 49 valence electrons. The van der Waals surface area contributed by atoms with Crippen LogP contribution >= 0.6 is 0 Å². The van der Waals surface area contributed by atoms with E-state index in [1.54, 1.807) is 0 Å². The van der Waals surface area contributed by atoms with Crippen LogP contribution in [-0.2, 0) is 24.7 Å². The molecule has 0 bridgehead atoms. The molecule has 1 N–H and O–H groups in total. The Morgan fingerprint density at radius 3 is 1.25 bits per heavy atom. The summed E-state index contributed by atoms with van der Waals surface area (Å²) < 4.78 is 3.24. The average Bonchev–Trinajstić information content (AvgIpc) is 1.35. The van der Waals surface area contributed by atoms with Crippen LogP contribution < -0.4 is 28.1 Å². The van der Waals surface area contributed by atoms with Gasteiger partial charge >= 0.3 is 54.3 Å². The number of hydrogen-bond acceptors (Lipinski definition) is 1. The van der Waals surface area contributed by atoms with Gasteiger partial charge in [-0.25, -0.2) is 0 Å². The van der Waals surface area contributed by atoms with Gasteiger partial charge in [-0.15, -0.1) is 0 Å². The smallest absolute Gasteiger partial charge is 1.00 e. The van der Waals surface area contributed by atoms with E-state index in [1.807, 2.05) is 0 Å². The minimum Gasteiger partial charge on any atom is -1.00 e. The summed E-state index contributed by atoms with van der Waals surface area (Å²) in [5.74, 6) is 0. The van der Waals surface area contributed by atoms with Crippen LogP contribution in [0.4, 0.5) is 0 Å². The van der Waals surface area contributed by atoms with E-state index in [1.165, 1.54) is 0 Å². The van der Waals surface area contributed by atoms with E-state index in [0.717, 1.165) is 24.7 Å². The van der Waals surface area contributed by atoms with Crippen LogP contribution in [0.25, 0.3) is 0 Å². The molecule has 1 nitrogen and oxygen atoms in total. The summed E-state index contributed by atoms with van der Waals surface area (Å²) in [5.41, 5.74) is 0.353. The normalized spacial score (nSPS) is 9.12. The third-order valence-corrected chi connectivity index (χ3v) is 3.07. The summed E-state index contributed by atoms with van der Waals surface area (Å²) in [6.45, 7) is 6.50. The second-order valence-electron chi connectivity index (χ2n) is 2.38. The van der Waals surface area contributed by atoms with E-state index in [4.69, 9.17) is 0 Å². The second-order valence-corrected chi connectivity index (χ2v) is 3.27. The third kappa shape index (κ3) is 15.7. The molecule has 0 heterocycles. The summed E-state index contributed by atoms with van der Waals surface area (Å²) in [4.78, 5) is 0. The first-order chi connectivity index (χ1) is 2.56. The predicted molar refractivity (Wildman–Crippen MR) is 22.9 cm³/mol. The number of halogens is 2. The molecule has 0 rings (SSSR count). The van der Waals surface area contributed by atoms with Gasteiger partial charge in [0.25, 0.3) is 0 Å². The summed E-state index contributed by atoms with van der Waals surface area (Å²) in [6, 6.07) is 0. The molecule has 0 radical (unpaired) electrons. The summed E-state index contributed by atoms with van der Waals surface area (Å²) in [7, 11) is 0. The van der Waals surface area contributed by atoms with Crippen molar-refractivity contribution in [2.45, 2.75) is 26.3 Å². The van der Waals surface area contributed by atoms with Crippen molar-refractivity contribution in [1.29, 1.82) is 0 Å². The first kappa shape index (κ1) is 16.2. The molecular weight excluding hydrogens is 311 g/mol. The van der Waals surface area contributed by atoms with Crippen molar-refractivity contribution in [1.82, 2.24) is 3.30 Å². The van der Waals surface area contributed by atoms with Crippen molar-refractivity contribution in [3.8, 4) is 0 Å². The molecule has 8 heavy (non-hydrogen) atoms. The number of nitrogens with one attached hydrogen (secondary N) is 1. The molecule has 0 saturated heterocycles. The van der Waals surface area contributed by atoms with Gasteiger partial charge in [-0.1, -0.05) is 0 Å². The van der Waals surface area contributed by atoms with Crippen LogP contribution in [0.3, 0.4) is 0 Å². The molecule has 0 saturated carbocycles. The topological polar surface area (TPSA) is 12.0 Å². The minimum atomic E-state index is 0. The van der Waals surface area contributed by atoms with Crippen LogP contribution in [-0.4, -0.2) is 5.54 Å². The van der Waals surface area contributed by atoms with E-state index in [2.05, 4.69) is 24.1 Å². The van der Waals surface area contributed by atoms with Gasteiger partial charge in [0.1, 0.15) is 0 Å². The molecule has 0 aliphatic rings.